The minimum Gasteiger partial charge on any atom is -0.396 e. The van der Waals surface area contributed by atoms with E-state index in [-0.39, 0.29) is 23.5 Å². The summed E-state index contributed by atoms with van der Waals surface area (Å²) in [4.78, 5) is 12.4. The Balaban J connectivity index is 1.66. The largest absolute Gasteiger partial charge is 0.396 e. The van der Waals surface area contributed by atoms with Gasteiger partial charge in [-0.3, -0.25) is 4.79 Å². The topological polar surface area (TPSA) is 57.5 Å². The van der Waals surface area contributed by atoms with Gasteiger partial charge in [-0.1, -0.05) is 6.92 Å². The van der Waals surface area contributed by atoms with Crippen molar-refractivity contribution in [2.24, 2.45) is 34.5 Å². The lowest BCUT2D eigenvalue weighted by molar-refractivity contribution is -0.156. The second-order valence-electron chi connectivity index (χ2n) is 8.89. The third kappa shape index (κ3) is 1.84. The molecule has 4 fully saturated rings. The molecule has 0 spiro atoms. The third-order valence-corrected chi connectivity index (χ3v) is 8.34. The van der Waals surface area contributed by atoms with Crippen LogP contribution in [0.15, 0.2) is 0 Å². The Labute approximate surface area is 133 Å². The number of rotatable bonds is 1. The van der Waals surface area contributed by atoms with Gasteiger partial charge in [0.15, 0.2) is 0 Å². The smallest absolute Gasteiger partial charge is 0.139 e. The minimum atomic E-state index is -0.164. The van der Waals surface area contributed by atoms with E-state index in [2.05, 4.69) is 6.92 Å². The number of aliphatic hydroxyl groups excluding tert-OH is 2. The van der Waals surface area contributed by atoms with Crippen molar-refractivity contribution < 1.29 is 15.0 Å². The maximum absolute atomic E-state index is 12.4. The van der Waals surface area contributed by atoms with Crippen LogP contribution < -0.4 is 0 Å². The Bertz CT molecular complexity index is 475. The molecule has 1 unspecified atom stereocenters. The van der Waals surface area contributed by atoms with Crippen LogP contribution in [0, 0.1) is 34.5 Å². The van der Waals surface area contributed by atoms with Crippen LogP contribution in [-0.2, 0) is 4.79 Å². The molecule has 4 aliphatic rings. The fourth-order valence-corrected chi connectivity index (χ4v) is 7.11. The van der Waals surface area contributed by atoms with Crippen molar-refractivity contribution in [1.29, 1.82) is 0 Å². The first-order valence-corrected chi connectivity index (χ1v) is 9.33. The quantitative estimate of drug-likeness (QED) is 0.783. The molecule has 4 rings (SSSR count). The van der Waals surface area contributed by atoms with E-state index >= 15 is 0 Å². The second kappa shape index (κ2) is 5.04. The maximum Gasteiger partial charge on any atom is 0.139 e. The molecule has 2 N–H and O–H groups in total. The highest BCUT2D eigenvalue weighted by atomic mass is 16.3. The van der Waals surface area contributed by atoms with Crippen molar-refractivity contribution in [1.82, 2.24) is 0 Å². The number of aliphatic hydroxyl groups is 2. The molecule has 4 aliphatic carbocycles. The van der Waals surface area contributed by atoms with Gasteiger partial charge >= 0.3 is 0 Å². The lowest BCUT2D eigenvalue weighted by atomic mass is 9.45. The molecule has 0 aliphatic heterocycles. The molecule has 22 heavy (non-hydrogen) atoms. The van der Waals surface area contributed by atoms with Crippen molar-refractivity contribution in [3.8, 4) is 0 Å². The molecule has 0 aromatic heterocycles. The molecule has 0 heterocycles. The summed E-state index contributed by atoms with van der Waals surface area (Å²) in [5, 5.41) is 20.4. The second-order valence-corrected chi connectivity index (χ2v) is 8.89. The highest BCUT2D eigenvalue weighted by molar-refractivity contribution is 5.87. The van der Waals surface area contributed by atoms with Crippen molar-refractivity contribution in [3.05, 3.63) is 0 Å². The Kier molecular flexibility index (Phi) is 3.47. The van der Waals surface area contributed by atoms with E-state index in [9.17, 15) is 15.0 Å². The molecule has 4 saturated carbocycles. The molecule has 3 heteroatoms. The Hall–Kier alpha value is -0.410. The SMILES string of the molecule is C[C@]12CC[C@H]3[C@@H](CCC4C[C@@H](O)CC[C@@]43CO)[C@@H]1CCC2=O. The minimum absolute atomic E-state index is 0.0368. The van der Waals surface area contributed by atoms with Gasteiger partial charge in [0.05, 0.1) is 6.10 Å². The van der Waals surface area contributed by atoms with E-state index in [1.807, 2.05) is 0 Å². The van der Waals surface area contributed by atoms with Crippen LogP contribution in [0.1, 0.15) is 64.7 Å². The fourth-order valence-electron chi connectivity index (χ4n) is 7.11. The summed E-state index contributed by atoms with van der Waals surface area (Å²) >= 11 is 0. The van der Waals surface area contributed by atoms with Crippen LogP contribution in [0.3, 0.4) is 0 Å². The van der Waals surface area contributed by atoms with E-state index in [4.69, 9.17) is 0 Å². The Morgan fingerprint density at radius 1 is 1.09 bits per heavy atom. The number of fused-ring (bicyclic) bond motifs is 5. The van der Waals surface area contributed by atoms with Gasteiger partial charge in [-0.25, -0.2) is 0 Å². The van der Waals surface area contributed by atoms with Crippen molar-refractivity contribution >= 4 is 5.78 Å². The van der Waals surface area contributed by atoms with E-state index in [1.54, 1.807) is 0 Å². The molecule has 0 radical (unpaired) electrons. The average Bonchev–Trinajstić information content (AvgIpc) is 2.82. The molecule has 0 aromatic carbocycles. The normalized spacial score (nSPS) is 54.5. The average molecular weight is 306 g/mol. The van der Waals surface area contributed by atoms with Crippen molar-refractivity contribution in [3.63, 3.8) is 0 Å². The maximum atomic E-state index is 12.4. The van der Waals surface area contributed by atoms with Gasteiger partial charge in [0, 0.05) is 18.4 Å². The van der Waals surface area contributed by atoms with Crippen LogP contribution in [0.2, 0.25) is 0 Å². The number of hydrogen-bond donors (Lipinski definition) is 2. The van der Waals surface area contributed by atoms with Gasteiger partial charge in [0.25, 0.3) is 0 Å². The molecule has 7 atom stereocenters. The van der Waals surface area contributed by atoms with Gasteiger partial charge in [-0.05, 0) is 80.5 Å². The van der Waals surface area contributed by atoms with Crippen molar-refractivity contribution in [2.45, 2.75) is 70.8 Å². The first-order valence-electron chi connectivity index (χ1n) is 9.33. The van der Waals surface area contributed by atoms with Gasteiger partial charge < -0.3 is 10.2 Å². The standard InChI is InChI=1S/C19H30O3/c1-18-8-7-16-14(15(18)4-5-17(18)22)3-2-12-10-13(21)6-9-19(12,16)11-20/h12-16,20-21H,2-11H2,1H3/t12?,13-,14-,15-,16-,18-,19+/m0/s1. The molecule has 124 valence electrons. The van der Waals surface area contributed by atoms with E-state index in [0.29, 0.717) is 29.5 Å². The predicted octanol–water partition coefficient (Wildman–Crippen LogP) is 2.93. The summed E-state index contributed by atoms with van der Waals surface area (Å²) in [6.07, 6.45) is 8.87. The van der Waals surface area contributed by atoms with Crippen molar-refractivity contribution in [2.75, 3.05) is 6.61 Å². The lowest BCUT2D eigenvalue weighted by Crippen LogP contribution is -2.56. The van der Waals surface area contributed by atoms with E-state index in [1.165, 1.54) is 6.42 Å². The van der Waals surface area contributed by atoms with Gasteiger partial charge in [-0.15, -0.1) is 0 Å². The molecule has 0 bridgehead atoms. The van der Waals surface area contributed by atoms with Crippen LogP contribution >= 0.6 is 0 Å². The third-order valence-electron chi connectivity index (χ3n) is 8.34. The zero-order chi connectivity index (χ0) is 15.5. The first kappa shape index (κ1) is 15.1. The van der Waals surface area contributed by atoms with E-state index in [0.717, 1.165) is 51.4 Å². The van der Waals surface area contributed by atoms with E-state index < -0.39 is 0 Å². The van der Waals surface area contributed by atoms with Gasteiger partial charge in [0.1, 0.15) is 5.78 Å². The predicted molar refractivity (Wildman–Crippen MR) is 84.2 cm³/mol. The molecule has 3 nitrogen and oxygen atoms in total. The zero-order valence-electron chi connectivity index (χ0n) is 13.8. The summed E-state index contributed by atoms with van der Waals surface area (Å²) in [5.41, 5.74) is -0.0338. The van der Waals surface area contributed by atoms with Crippen LogP contribution in [0.5, 0.6) is 0 Å². The highest BCUT2D eigenvalue weighted by Crippen LogP contribution is 2.65. The highest BCUT2D eigenvalue weighted by Gasteiger charge is 2.61. The summed E-state index contributed by atoms with van der Waals surface area (Å²) in [6.45, 7) is 2.49. The molecule has 0 aromatic rings. The van der Waals surface area contributed by atoms with Crippen LogP contribution in [-0.4, -0.2) is 28.7 Å². The summed E-state index contributed by atoms with van der Waals surface area (Å²) in [5.74, 6) is 2.74. The van der Waals surface area contributed by atoms with Gasteiger partial charge in [-0.2, -0.15) is 0 Å². The molecule has 0 saturated heterocycles. The summed E-state index contributed by atoms with van der Waals surface area (Å²) < 4.78 is 0. The number of carbonyl (C=O) groups is 1. The molecular formula is C19H30O3. The van der Waals surface area contributed by atoms with Crippen LogP contribution in [0.25, 0.3) is 0 Å². The summed E-state index contributed by atoms with van der Waals surface area (Å²) in [6, 6.07) is 0. The summed E-state index contributed by atoms with van der Waals surface area (Å²) in [7, 11) is 0. The van der Waals surface area contributed by atoms with Gasteiger partial charge in [0.2, 0.25) is 0 Å². The lowest BCUT2D eigenvalue weighted by Gasteiger charge is -2.60. The Morgan fingerprint density at radius 2 is 1.91 bits per heavy atom. The monoisotopic (exact) mass is 306 g/mol. The first-order chi connectivity index (χ1) is 10.5. The zero-order valence-corrected chi connectivity index (χ0v) is 13.8. The Morgan fingerprint density at radius 3 is 2.68 bits per heavy atom. The molecule has 0 amide bonds. The number of carbonyl (C=O) groups excluding carboxylic acids is 1. The number of hydrogen-bond acceptors (Lipinski definition) is 3. The fraction of sp³-hybridized carbons (Fsp3) is 0.947. The van der Waals surface area contributed by atoms with Crippen LogP contribution in [0.4, 0.5) is 0 Å². The number of ketones is 1. The molecular weight excluding hydrogens is 276 g/mol. The number of Topliss-reactive ketones (excluding diaryl/α,β-unsaturated/α-hetero) is 1.